The molecule has 0 saturated heterocycles. The largest absolute Gasteiger partial charge is 0.480 e. The molecule has 2 atom stereocenters. The molecular weight excluding hydrogens is 198 g/mol. The number of thioether (sulfide) groups is 1. The van der Waals surface area contributed by atoms with Gasteiger partial charge in [-0.2, -0.15) is 0 Å². The van der Waals surface area contributed by atoms with Crippen LogP contribution in [0.3, 0.4) is 0 Å². The van der Waals surface area contributed by atoms with Crippen molar-refractivity contribution in [3.05, 3.63) is 0 Å². The Morgan fingerprint density at radius 2 is 2.14 bits per heavy atom. The Kier molecular flexibility index (Phi) is 7.99. The van der Waals surface area contributed by atoms with Crippen LogP contribution in [0.5, 0.6) is 0 Å². The van der Waals surface area contributed by atoms with Gasteiger partial charge in [-0.1, -0.05) is 26.7 Å². The zero-order chi connectivity index (χ0) is 11.0. The summed E-state index contributed by atoms with van der Waals surface area (Å²) in [5.41, 5.74) is 5.74. The van der Waals surface area contributed by atoms with Crippen molar-refractivity contribution < 1.29 is 9.90 Å². The molecule has 3 N–H and O–H groups in total. The van der Waals surface area contributed by atoms with Gasteiger partial charge in [0.15, 0.2) is 0 Å². The number of carboxylic acids is 1. The maximum absolute atomic E-state index is 10.8. The zero-order valence-electron chi connectivity index (χ0n) is 9.03. The number of hydrogen-bond acceptors (Lipinski definition) is 3. The Morgan fingerprint density at radius 3 is 2.57 bits per heavy atom. The number of nitrogens with two attached hydrogens (primary N) is 1. The van der Waals surface area contributed by atoms with E-state index in [0.29, 0.717) is 0 Å². The summed E-state index contributed by atoms with van der Waals surface area (Å²) < 4.78 is 0. The highest BCUT2D eigenvalue weighted by molar-refractivity contribution is 8.00. The van der Waals surface area contributed by atoms with Crippen LogP contribution in [0.1, 0.15) is 39.5 Å². The average Bonchev–Trinajstić information content (AvgIpc) is 2.16. The second-order valence-electron chi connectivity index (χ2n) is 3.47. The molecule has 0 aromatic rings. The van der Waals surface area contributed by atoms with Gasteiger partial charge in [0.25, 0.3) is 0 Å². The van der Waals surface area contributed by atoms with Gasteiger partial charge in [-0.05, 0) is 12.8 Å². The third-order valence-electron chi connectivity index (χ3n) is 2.13. The van der Waals surface area contributed by atoms with Crippen molar-refractivity contribution in [3.63, 3.8) is 0 Å². The highest BCUT2D eigenvalue weighted by Gasteiger charge is 2.17. The lowest BCUT2D eigenvalue weighted by Gasteiger charge is -2.14. The molecule has 0 amide bonds. The second kappa shape index (κ2) is 8.12. The van der Waals surface area contributed by atoms with Gasteiger partial charge in [0.1, 0.15) is 5.25 Å². The van der Waals surface area contributed by atoms with E-state index < -0.39 is 5.97 Å². The van der Waals surface area contributed by atoms with E-state index in [9.17, 15) is 4.79 Å². The predicted molar refractivity (Wildman–Crippen MR) is 61.7 cm³/mol. The SMILES string of the molecule is CCCCC(SCC(N)CC)C(=O)O. The Bertz CT molecular complexity index is 164. The summed E-state index contributed by atoms with van der Waals surface area (Å²) in [6, 6.07) is 0.128. The highest BCUT2D eigenvalue weighted by atomic mass is 32.2. The minimum absolute atomic E-state index is 0.128. The normalized spacial score (nSPS) is 15.1. The van der Waals surface area contributed by atoms with Gasteiger partial charge in [0.05, 0.1) is 0 Å². The first-order valence-corrected chi connectivity index (χ1v) is 6.26. The van der Waals surface area contributed by atoms with E-state index >= 15 is 0 Å². The highest BCUT2D eigenvalue weighted by Crippen LogP contribution is 2.18. The summed E-state index contributed by atoms with van der Waals surface area (Å²) >= 11 is 1.48. The van der Waals surface area contributed by atoms with E-state index in [-0.39, 0.29) is 11.3 Å². The molecular formula is C10H21NO2S. The van der Waals surface area contributed by atoms with Crippen LogP contribution in [-0.2, 0) is 4.79 Å². The quantitative estimate of drug-likeness (QED) is 0.656. The van der Waals surface area contributed by atoms with Crippen LogP contribution in [0.25, 0.3) is 0 Å². The minimum atomic E-state index is -0.702. The number of hydrogen-bond donors (Lipinski definition) is 2. The molecule has 4 heteroatoms. The summed E-state index contributed by atoms with van der Waals surface area (Å²) in [5, 5.41) is 8.65. The Balaban J connectivity index is 3.79. The van der Waals surface area contributed by atoms with E-state index in [1.54, 1.807) is 0 Å². The molecule has 0 aromatic carbocycles. The first-order chi connectivity index (χ1) is 6.61. The molecule has 0 bridgehead atoms. The van der Waals surface area contributed by atoms with E-state index in [1.165, 1.54) is 11.8 Å². The third-order valence-corrected chi connectivity index (χ3v) is 3.59. The zero-order valence-corrected chi connectivity index (χ0v) is 9.85. The number of aliphatic carboxylic acids is 1. The lowest BCUT2D eigenvalue weighted by molar-refractivity contribution is -0.136. The fraction of sp³-hybridized carbons (Fsp3) is 0.900. The van der Waals surface area contributed by atoms with Crippen molar-refractivity contribution in [3.8, 4) is 0 Å². The molecule has 0 aliphatic carbocycles. The maximum atomic E-state index is 10.8. The van der Waals surface area contributed by atoms with E-state index in [4.69, 9.17) is 10.8 Å². The summed E-state index contributed by atoms with van der Waals surface area (Å²) in [4.78, 5) is 10.8. The van der Waals surface area contributed by atoms with E-state index in [0.717, 1.165) is 31.4 Å². The summed E-state index contributed by atoms with van der Waals surface area (Å²) in [5.74, 6) is 0.0451. The number of rotatable bonds is 8. The molecule has 0 radical (unpaired) electrons. The van der Waals surface area contributed by atoms with Crippen LogP contribution in [-0.4, -0.2) is 28.1 Å². The van der Waals surface area contributed by atoms with Crippen molar-refractivity contribution >= 4 is 17.7 Å². The summed E-state index contributed by atoms with van der Waals surface area (Å²) in [6.45, 7) is 4.09. The fourth-order valence-corrected chi connectivity index (χ4v) is 2.22. The molecule has 14 heavy (non-hydrogen) atoms. The lowest BCUT2D eigenvalue weighted by atomic mass is 10.2. The third kappa shape index (κ3) is 6.27. The Morgan fingerprint density at radius 1 is 1.50 bits per heavy atom. The molecule has 0 heterocycles. The first-order valence-electron chi connectivity index (χ1n) is 5.21. The van der Waals surface area contributed by atoms with Crippen LogP contribution in [0, 0.1) is 0 Å². The molecule has 3 nitrogen and oxygen atoms in total. The van der Waals surface area contributed by atoms with Gasteiger partial charge in [-0.25, -0.2) is 0 Å². The molecule has 0 fully saturated rings. The number of carbonyl (C=O) groups is 1. The Hall–Kier alpha value is -0.220. The smallest absolute Gasteiger partial charge is 0.316 e. The van der Waals surface area contributed by atoms with Crippen LogP contribution >= 0.6 is 11.8 Å². The van der Waals surface area contributed by atoms with Gasteiger partial charge >= 0.3 is 5.97 Å². The van der Waals surface area contributed by atoms with Crippen LogP contribution in [0.4, 0.5) is 0 Å². The topological polar surface area (TPSA) is 63.3 Å². The van der Waals surface area contributed by atoms with Gasteiger partial charge in [0.2, 0.25) is 0 Å². The van der Waals surface area contributed by atoms with Crippen LogP contribution in [0.2, 0.25) is 0 Å². The number of carboxylic acid groups (broad SMARTS) is 1. The summed E-state index contributed by atoms with van der Waals surface area (Å²) in [6.07, 6.45) is 3.69. The molecule has 84 valence electrons. The van der Waals surface area contributed by atoms with Crippen molar-refractivity contribution in [2.45, 2.75) is 50.8 Å². The molecule has 0 aliphatic heterocycles. The molecule has 0 rings (SSSR count). The molecule has 0 spiro atoms. The second-order valence-corrected chi connectivity index (χ2v) is 4.71. The fourth-order valence-electron chi connectivity index (χ4n) is 1.03. The number of unbranched alkanes of at least 4 members (excludes halogenated alkanes) is 1. The van der Waals surface area contributed by atoms with Gasteiger partial charge < -0.3 is 10.8 Å². The van der Waals surface area contributed by atoms with Gasteiger partial charge in [-0.15, -0.1) is 11.8 Å². The summed E-state index contributed by atoms with van der Waals surface area (Å²) in [7, 11) is 0. The van der Waals surface area contributed by atoms with Crippen molar-refractivity contribution in [2.75, 3.05) is 5.75 Å². The maximum Gasteiger partial charge on any atom is 0.316 e. The molecule has 0 aliphatic rings. The lowest BCUT2D eigenvalue weighted by Crippen LogP contribution is -2.25. The van der Waals surface area contributed by atoms with Gasteiger partial charge in [0, 0.05) is 11.8 Å². The molecule has 2 unspecified atom stereocenters. The first kappa shape index (κ1) is 13.8. The molecule has 0 aromatic heterocycles. The van der Waals surface area contributed by atoms with E-state index in [2.05, 4.69) is 6.92 Å². The van der Waals surface area contributed by atoms with Crippen molar-refractivity contribution in [1.82, 2.24) is 0 Å². The minimum Gasteiger partial charge on any atom is -0.480 e. The van der Waals surface area contributed by atoms with Crippen molar-refractivity contribution in [1.29, 1.82) is 0 Å². The average molecular weight is 219 g/mol. The monoisotopic (exact) mass is 219 g/mol. The van der Waals surface area contributed by atoms with Gasteiger partial charge in [-0.3, -0.25) is 4.79 Å². The van der Waals surface area contributed by atoms with E-state index in [1.807, 2.05) is 6.92 Å². The van der Waals surface area contributed by atoms with Crippen LogP contribution in [0.15, 0.2) is 0 Å². The predicted octanol–water partition coefficient (Wildman–Crippen LogP) is 2.10. The van der Waals surface area contributed by atoms with Crippen LogP contribution < -0.4 is 5.73 Å². The Labute approximate surface area is 90.4 Å². The van der Waals surface area contributed by atoms with Crippen molar-refractivity contribution in [2.24, 2.45) is 5.73 Å². The molecule has 0 saturated carbocycles. The standard InChI is InChI=1S/C10H21NO2S/c1-3-5-6-9(10(12)13)14-7-8(11)4-2/h8-9H,3-7,11H2,1-2H3,(H,12,13).